The highest BCUT2D eigenvalue weighted by Gasteiger charge is 2.06. The van der Waals surface area contributed by atoms with E-state index in [2.05, 4.69) is 0 Å². The third-order valence-electron chi connectivity index (χ3n) is 5.52. The molecule has 0 aromatic heterocycles. The minimum atomic E-state index is 0.0752. The molecule has 40 heavy (non-hydrogen) atoms. The van der Waals surface area contributed by atoms with Gasteiger partial charge in [-0.15, -0.1) is 0 Å². The first-order chi connectivity index (χ1) is 19.8. The van der Waals surface area contributed by atoms with E-state index in [1.54, 1.807) is 0 Å². The van der Waals surface area contributed by atoms with Crippen molar-refractivity contribution in [1.82, 2.24) is 0 Å². The lowest BCUT2D eigenvalue weighted by Gasteiger charge is -2.03. The first kappa shape index (κ1) is 27.6. The summed E-state index contributed by atoms with van der Waals surface area (Å²) in [5, 5.41) is 0. The number of carbonyl (C=O) groups is 1. The van der Waals surface area contributed by atoms with Gasteiger partial charge in [0.05, 0.1) is 0 Å². The monoisotopic (exact) mass is 522 g/mol. The Hall–Kier alpha value is -5.41. The maximum atomic E-state index is 11.8. The Labute approximate surface area is 235 Å². The molecule has 0 saturated heterocycles. The van der Waals surface area contributed by atoms with Crippen LogP contribution in [0.5, 0.6) is 23.0 Å². The van der Waals surface area contributed by atoms with E-state index in [0.717, 1.165) is 34.1 Å². The lowest BCUT2D eigenvalue weighted by Crippen LogP contribution is -1.99. The Morgan fingerprint density at radius 1 is 0.300 bits per heavy atom. The fourth-order valence-corrected chi connectivity index (χ4v) is 3.57. The molecule has 6 aromatic rings. The van der Waals surface area contributed by atoms with E-state index in [9.17, 15) is 4.79 Å². The van der Waals surface area contributed by atoms with Gasteiger partial charge >= 0.3 is 0 Å². The van der Waals surface area contributed by atoms with Crippen LogP contribution >= 0.6 is 0 Å². The van der Waals surface area contributed by atoms with E-state index in [-0.39, 0.29) is 5.78 Å². The normalized spacial score (nSPS) is 9.60. The second-order valence-electron chi connectivity index (χ2n) is 8.52. The first-order valence-electron chi connectivity index (χ1n) is 13.0. The second kappa shape index (κ2) is 15.8. The molecule has 0 saturated carbocycles. The molecule has 0 aliphatic rings. The molecule has 0 fully saturated rings. The largest absolute Gasteiger partial charge is 0.457 e. The number of para-hydroxylation sites is 4. The zero-order valence-electron chi connectivity index (χ0n) is 22.0. The van der Waals surface area contributed by atoms with Gasteiger partial charge in [0, 0.05) is 11.1 Å². The molecule has 0 radical (unpaired) electrons. The summed E-state index contributed by atoms with van der Waals surface area (Å²) in [6, 6.07) is 57.6. The topological polar surface area (TPSA) is 35.5 Å². The van der Waals surface area contributed by atoms with Crippen molar-refractivity contribution in [3.8, 4) is 23.0 Å². The highest BCUT2D eigenvalue weighted by molar-refractivity contribution is 6.08. The summed E-state index contributed by atoms with van der Waals surface area (Å²) in [7, 11) is 0. The highest BCUT2D eigenvalue weighted by atomic mass is 16.5. The average molecular weight is 523 g/mol. The molecule has 0 amide bonds. The number of ketones is 1. The maximum absolute atomic E-state index is 11.8. The van der Waals surface area contributed by atoms with Crippen molar-refractivity contribution in [2.45, 2.75) is 0 Å². The Bertz CT molecular complexity index is 1310. The fraction of sp³-hybridized carbons (Fsp3) is 0. The Kier molecular flexibility index (Phi) is 10.9. The van der Waals surface area contributed by atoms with Crippen LogP contribution in [0, 0.1) is 0 Å². The molecule has 0 spiro atoms. The minimum Gasteiger partial charge on any atom is -0.457 e. The fourth-order valence-electron chi connectivity index (χ4n) is 3.57. The molecule has 0 aliphatic carbocycles. The van der Waals surface area contributed by atoms with Gasteiger partial charge in [0.25, 0.3) is 0 Å². The van der Waals surface area contributed by atoms with Crippen LogP contribution in [0.3, 0.4) is 0 Å². The van der Waals surface area contributed by atoms with Crippen LogP contribution in [-0.2, 0) is 0 Å². The van der Waals surface area contributed by atoms with Crippen molar-refractivity contribution >= 4 is 5.78 Å². The smallest absolute Gasteiger partial charge is 0.193 e. The molecule has 6 aromatic carbocycles. The van der Waals surface area contributed by atoms with Crippen LogP contribution in [0.2, 0.25) is 0 Å². The number of carbonyl (C=O) groups excluding carboxylic acids is 1. The summed E-state index contributed by atoms with van der Waals surface area (Å²) in [5.74, 6) is 3.55. The molecule has 6 rings (SSSR count). The second-order valence-corrected chi connectivity index (χ2v) is 8.52. The molecule has 0 unspecified atom stereocenters. The lowest BCUT2D eigenvalue weighted by molar-refractivity contribution is 0.103. The Morgan fingerprint density at radius 2 is 0.500 bits per heavy atom. The molecule has 3 nitrogen and oxygen atoms in total. The number of ether oxygens (including phenoxy) is 2. The lowest BCUT2D eigenvalue weighted by atomic mass is 10.0. The van der Waals surface area contributed by atoms with Crippen molar-refractivity contribution in [3.05, 3.63) is 193 Å². The summed E-state index contributed by atoms with van der Waals surface area (Å²) in [6.07, 6.45) is 0. The molecule has 0 heterocycles. The van der Waals surface area contributed by atoms with Crippen LogP contribution < -0.4 is 9.47 Å². The highest BCUT2D eigenvalue weighted by Crippen LogP contribution is 2.20. The van der Waals surface area contributed by atoms with Gasteiger partial charge < -0.3 is 9.47 Å². The summed E-state index contributed by atoms with van der Waals surface area (Å²) in [6.45, 7) is 0. The van der Waals surface area contributed by atoms with Crippen molar-refractivity contribution in [2.75, 3.05) is 0 Å². The van der Waals surface area contributed by atoms with Gasteiger partial charge in [0.1, 0.15) is 23.0 Å². The Morgan fingerprint density at radius 3 is 0.725 bits per heavy atom. The molecule has 0 bridgehead atoms. The molecule has 196 valence electrons. The van der Waals surface area contributed by atoms with Gasteiger partial charge in [-0.3, -0.25) is 4.79 Å². The van der Waals surface area contributed by atoms with Gasteiger partial charge in [-0.25, -0.2) is 0 Å². The molecule has 3 heteroatoms. The molecule has 0 N–H and O–H groups in total. The zero-order valence-corrected chi connectivity index (χ0v) is 22.0. The van der Waals surface area contributed by atoms with Gasteiger partial charge in [-0.05, 0) is 48.5 Å². The van der Waals surface area contributed by atoms with Crippen LogP contribution in [-0.4, -0.2) is 5.78 Å². The van der Waals surface area contributed by atoms with E-state index in [1.165, 1.54) is 0 Å². The molecule has 0 atom stereocenters. The van der Waals surface area contributed by atoms with Gasteiger partial charge in [-0.2, -0.15) is 0 Å². The van der Waals surface area contributed by atoms with Gasteiger partial charge in [-0.1, -0.05) is 133 Å². The number of hydrogen-bond acceptors (Lipinski definition) is 3. The molecular formula is C37H30O3. The van der Waals surface area contributed by atoms with Crippen LogP contribution in [0.25, 0.3) is 0 Å². The van der Waals surface area contributed by atoms with E-state index in [4.69, 9.17) is 9.47 Å². The number of hydrogen-bond donors (Lipinski definition) is 0. The summed E-state index contributed by atoms with van der Waals surface area (Å²) in [4.78, 5) is 11.8. The minimum absolute atomic E-state index is 0.0752. The quantitative estimate of drug-likeness (QED) is 0.204. The van der Waals surface area contributed by atoms with E-state index in [1.807, 2.05) is 182 Å². The summed E-state index contributed by atoms with van der Waals surface area (Å²) in [5.41, 5.74) is 1.47. The van der Waals surface area contributed by atoms with E-state index in [0.29, 0.717) is 0 Å². The molecular weight excluding hydrogens is 492 g/mol. The number of benzene rings is 6. The average Bonchev–Trinajstić information content (AvgIpc) is 3.04. The van der Waals surface area contributed by atoms with Crippen molar-refractivity contribution < 1.29 is 14.3 Å². The number of rotatable bonds is 6. The van der Waals surface area contributed by atoms with Crippen LogP contribution in [0.15, 0.2) is 182 Å². The Balaban J connectivity index is 0.000000139. The first-order valence-corrected chi connectivity index (χ1v) is 13.0. The van der Waals surface area contributed by atoms with Crippen molar-refractivity contribution in [2.24, 2.45) is 0 Å². The summed E-state index contributed by atoms with van der Waals surface area (Å²) < 4.78 is 11.2. The SMILES string of the molecule is O=C(c1ccccc1)c1ccccc1.c1ccc(Oc2ccccc2)cc1.c1ccc(Oc2ccccc2)cc1. The third-order valence-corrected chi connectivity index (χ3v) is 5.52. The molecule has 0 aliphatic heterocycles. The summed E-state index contributed by atoms with van der Waals surface area (Å²) >= 11 is 0. The van der Waals surface area contributed by atoms with Gasteiger partial charge in [0.2, 0.25) is 0 Å². The van der Waals surface area contributed by atoms with Crippen LogP contribution in [0.1, 0.15) is 15.9 Å². The standard InChI is InChI=1S/C13H10O.2C12H10O/c14-13(11-7-3-1-4-8-11)12-9-5-2-6-10-12;2*1-3-7-11(8-4-1)13-12-9-5-2-6-10-12/h1-10H;2*1-10H. The van der Waals surface area contributed by atoms with Crippen LogP contribution in [0.4, 0.5) is 0 Å². The predicted octanol–water partition coefficient (Wildman–Crippen LogP) is 9.88. The van der Waals surface area contributed by atoms with E-state index >= 15 is 0 Å². The van der Waals surface area contributed by atoms with Crippen molar-refractivity contribution in [3.63, 3.8) is 0 Å². The predicted molar refractivity (Wildman–Crippen MR) is 162 cm³/mol. The van der Waals surface area contributed by atoms with Crippen molar-refractivity contribution in [1.29, 1.82) is 0 Å². The van der Waals surface area contributed by atoms with Gasteiger partial charge in [0.15, 0.2) is 5.78 Å². The maximum Gasteiger partial charge on any atom is 0.193 e. The third kappa shape index (κ3) is 9.47. The zero-order chi connectivity index (χ0) is 27.7. The van der Waals surface area contributed by atoms with E-state index < -0.39 is 0 Å².